The molecule has 8 rings (SSSR count). The number of hydrogen-bond donors (Lipinski definition) is 0. The summed E-state index contributed by atoms with van der Waals surface area (Å²) in [4.78, 5) is 4.72. The van der Waals surface area contributed by atoms with Crippen LogP contribution >= 0.6 is 0 Å². The smallest absolute Gasteiger partial charge is 0.0717 e. The summed E-state index contributed by atoms with van der Waals surface area (Å²) >= 11 is 0. The fourth-order valence-corrected chi connectivity index (χ4v) is 7.86. The van der Waals surface area contributed by atoms with Crippen LogP contribution in [0.2, 0.25) is 0 Å². The highest BCUT2D eigenvalue weighted by Gasteiger charge is 2.37. The quantitative estimate of drug-likeness (QED) is 0.0944. The molecule has 0 spiro atoms. The summed E-state index contributed by atoms with van der Waals surface area (Å²) in [5.74, 6) is 0. The molecule has 0 unspecified atom stereocenters. The van der Waals surface area contributed by atoms with Crippen LogP contribution in [-0.2, 0) is 32.2 Å². The second kappa shape index (κ2) is 17.4. The molecule has 288 valence electrons. The lowest BCUT2D eigenvalue weighted by molar-refractivity contribution is -0.152. The van der Waals surface area contributed by atoms with E-state index >= 15 is 0 Å². The standard InChI is InChI=1S/C50H54N2O4/c1-3-49(35-55-36-49)33-53-31-39-13-11-19-47(29-39)51(43-15-7-5-8-16-43)45-25-21-41(22-26-45)42-23-27-46(28-24-42)52(44-17-9-6-10-18-44)48-20-12-14-40(30-48)32-54-34-50(4-2)37-56-38-50/h5-23,25-27,29-30H,3-4,24,28,31-38H2,1-2H3. The van der Waals surface area contributed by atoms with Gasteiger partial charge in [0.05, 0.1) is 52.9 Å². The molecule has 0 atom stereocenters. The van der Waals surface area contributed by atoms with Crippen LogP contribution in [0, 0.1) is 10.8 Å². The van der Waals surface area contributed by atoms with Gasteiger partial charge < -0.3 is 28.7 Å². The number of rotatable bonds is 17. The summed E-state index contributed by atoms with van der Waals surface area (Å²) in [5, 5.41) is 0. The van der Waals surface area contributed by atoms with Gasteiger partial charge in [0, 0.05) is 45.0 Å². The van der Waals surface area contributed by atoms with Crippen molar-refractivity contribution in [3.8, 4) is 0 Å². The van der Waals surface area contributed by atoms with Crippen LogP contribution in [0.1, 0.15) is 56.2 Å². The molecule has 5 aromatic rings. The van der Waals surface area contributed by atoms with Crippen molar-refractivity contribution >= 4 is 34.0 Å². The summed E-state index contributed by atoms with van der Waals surface area (Å²) in [6.45, 7) is 10.3. The van der Waals surface area contributed by atoms with E-state index in [1.54, 1.807) is 0 Å². The van der Waals surface area contributed by atoms with E-state index in [1.165, 1.54) is 22.4 Å². The van der Waals surface area contributed by atoms with Gasteiger partial charge in [0.1, 0.15) is 0 Å². The summed E-state index contributed by atoms with van der Waals surface area (Å²) in [6, 6.07) is 47.8. The topological polar surface area (TPSA) is 43.4 Å². The highest BCUT2D eigenvalue weighted by Crippen LogP contribution is 2.39. The van der Waals surface area contributed by atoms with Crippen molar-refractivity contribution in [3.63, 3.8) is 0 Å². The maximum Gasteiger partial charge on any atom is 0.0717 e. The molecule has 6 heteroatoms. The maximum atomic E-state index is 6.24. The van der Waals surface area contributed by atoms with Crippen LogP contribution in [0.25, 0.3) is 5.57 Å². The molecule has 0 aromatic heterocycles. The van der Waals surface area contributed by atoms with Gasteiger partial charge in [-0.1, -0.05) is 92.7 Å². The zero-order chi connectivity index (χ0) is 38.2. The third kappa shape index (κ3) is 8.54. The van der Waals surface area contributed by atoms with Crippen LogP contribution in [0.5, 0.6) is 0 Å². The molecule has 1 aliphatic carbocycles. The molecule has 0 bridgehead atoms. The summed E-state index contributed by atoms with van der Waals surface area (Å²) < 4.78 is 23.5. The fourth-order valence-electron chi connectivity index (χ4n) is 7.86. The van der Waals surface area contributed by atoms with Crippen LogP contribution in [-0.4, -0.2) is 39.6 Å². The van der Waals surface area contributed by atoms with Gasteiger partial charge in [-0.05, 0) is 115 Å². The fraction of sp³-hybridized carbons (Fsp3) is 0.320. The van der Waals surface area contributed by atoms with E-state index in [0.717, 1.165) is 99.3 Å². The summed E-state index contributed by atoms with van der Waals surface area (Å²) in [7, 11) is 0. The Morgan fingerprint density at radius 2 is 0.982 bits per heavy atom. The molecule has 0 N–H and O–H groups in total. The zero-order valence-corrected chi connectivity index (χ0v) is 32.9. The number of allylic oxidation sites excluding steroid dienone is 4. The van der Waals surface area contributed by atoms with Crippen molar-refractivity contribution in [2.24, 2.45) is 10.8 Å². The monoisotopic (exact) mass is 746 g/mol. The highest BCUT2D eigenvalue weighted by atomic mass is 16.5. The van der Waals surface area contributed by atoms with E-state index in [2.05, 4.69) is 169 Å². The van der Waals surface area contributed by atoms with E-state index in [1.807, 2.05) is 0 Å². The second-order valence-corrected chi connectivity index (χ2v) is 15.8. The van der Waals surface area contributed by atoms with Gasteiger partial charge >= 0.3 is 0 Å². The van der Waals surface area contributed by atoms with E-state index < -0.39 is 0 Å². The van der Waals surface area contributed by atoms with E-state index in [4.69, 9.17) is 18.9 Å². The van der Waals surface area contributed by atoms with E-state index in [-0.39, 0.29) is 10.8 Å². The second-order valence-electron chi connectivity index (χ2n) is 15.8. The van der Waals surface area contributed by atoms with Crippen molar-refractivity contribution in [1.82, 2.24) is 0 Å². The average molecular weight is 747 g/mol. The normalized spacial score (nSPS) is 16.9. The third-order valence-corrected chi connectivity index (χ3v) is 11.8. The first-order chi connectivity index (χ1) is 27.6. The van der Waals surface area contributed by atoms with Crippen LogP contribution in [0.4, 0.5) is 28.4 Å². The number of para-hydroxylation sites is 2. The minimum Gasteiger partial charge on any atom is -0.380 e. The third-order valence-electron chi connectivity index (χ3n) is 11.8. The summed E-state index contributed by atoms with van der Waals surface area (Å²) in [6.07, 6.45) is 8.64. The largest absolute Gasteiger partial charge is 0.380 e. The Balaban J connectivity index is 1.00. The van der Waals surface area contributed by atoms with E-state index in [0.29, 0.717) is 13.2 Å². The number of hydrogen-bond acceptors (Lipinski definition) is 6. The first kappa shape index (κ1) is 37.9. The number of anilines is 5. The lowest BCUT2D eigenvalue weighted by Crippen LogP contribution is -2.45. The number of benzene rings is 5. The Morgan fingerprint density at radius 1 is 0.500 bits per heavy atom. The van der Waals surface area contributed by atoms with Gasteiger partial charge in [-0.25, -0.2) is 0 Å². The maximum absolute atomic E-state index is 6.24. The van der Waals surface area contributed by atoms with E-state index in [9.17, 15) is 0 Å². The Bertz CT molecular complexity index is 2090. The zero-order valence-electron chi connectivity index (χ0n) is 32.9. The minimum absolute atomic E-state index is 0.174. The molecule has 2 aliphatic heterocycles. The molecule has 56 heavy (non-hydrogen) atoms. The minimum atomic E-state index is 0.174. The van der Waals surface area contributed by atoms with Gasteiger partial charge in [0.15, 0.2) is 0 Å². The lowest BCUT2D eigenvalue weighted by Gasteiger charge is -2.40. The van der Waals surface area contributed by atoms with Crippen molar-refractivity contribution in [2.75, 3.05) is 49.4 Å². The van der Waals surface area contributed by atoms with Crippen LogP contribution in [0.3, 0.4) is 0 Å². The van der Waals surface area contributed by atoms with Gasteiger partial charge in [-0.15, -0.1) is 0 Å². The van der Waals surface area contributed by atoms with Gasteiger partial charge in [-0.2, -0.15) is 0 Å². The first-order valence-corrected chi connectivity index (χ1v) is 20.3. The van der Waals surface area contributed by atoms with Gasteiger partial charge in [-0.3, -0.25) is 0 Å². The van der Waals surface area contributed by atoms with Crippen LogP contribution < -0.4 is 9.80 Å². The Hall–Kier alpha value is -4.98. The molecule has 2 saturated heterocycles. The molecule has 3 aliphatic rings. The lowest BCUT2D eigenvalue weighted by atomic mass is 9.84. The van der Waals surface area contributed by atoms with Crippen molar-refractivity contribution in [1.29, 1.82) is 0 Å². The molecule has 6 nitrogen and oxygen atoms in total. The van der Waals surface area contributed by atoms with Crippen molar-refractivity contribution < 1.29 is 18.9 Å². The molecular weight excluding hydrogens is 693 g/mol. The predicted molar refractivity (Wildman–Crippen MR) is 228 cm³/mol. The van der Waals surface area contributed by atoms with Crippen molar-refractivity contribution in [3.05, 3.63) is 168 Å². The molecular formula is C50H54N2O4. The van der Waals surface area contributed by atoms with Gasteiger partial charge in [0.2, 0.25) is 0 Å². The number of nitrogens with zero attached hydrogens (tertiary/aromatic N) is 2. The Kier molecular flexibility index (Phi) is 11.8. The highest BCUT2D eigenvalue weighted by molar-refractivity contribution is 5.79. The van der Waals surface area contributed by atoms with Gasteiger partial charge in [0.25, 0.3) is 0 Å². The Labute approximate surface area is 333 Å². The van der Waals surface area contributed by atoms with Crippen molar-refractivity contribution in [2.45, 2.75) is 52.7 Å². The molecule has 5 aromatic carbocycles. The summed E-state index contributed by atoms with van der Waals surface area (Å²) in [5.41, 5.74) is 12.2. The average Bonchev–Trinajstić information content (AvgIpc) is 3.22. The SMILES string of the molecule is CCC1(COCc2cccc(N(C3=CC=C(c4ccc(N(c5ccccc5)c5cccc(COCC6(CC)COC6)c5)cc4)CC3)c3ccccc3)c2)COC1. The molecule has 0 saturated carbocycles. The molecule has 0 radical (unpaired) electrons. The number of ether oxygens (including phenoxy) is 4. The van der Waals surface area contributed by atoms with Crippen LogP contribution in [0.15, 0.2) is 151 Å². The molecule has 0 amide bonds. The molecule has 2 fully saturated rings. The predicted octanol–water partition coefficient (Wildman–Crippen LogP) is 11.9. The first-order valence-electron chi connectivity index (χ1n) is 20.3. The molecule has 2 heterocycles. The Morgan fingerprint density at radius 3 is 1.45 bits per heavy atom.